The predicted molar refractivity (Wildman–Crippen MR) is 91.0 cm³/mol. The molecule has 3 heterocycles. The zero-order valence-corrected chi connectivity index (χ0v) is 14.3. The van der Waals surface area contributed by atoms with Crippen LogP contribution in [0.5, 0.6) is 0 Å². The van der Waals surface area contributed by atoms with Crippen molar-refractivity contribution in [2.75, 3.05) is 18.0 Å². The van der Waals surface area contributed by atoms with Gasteiger partial charge in [0.25, 0.3) is 0 Å². The molecule has 0 radical (unpaired) electrons. The molecule has 0 saturated carbocycles. The lowest BCUT2D eigenvalue weighted by Gasteiger charge is -2.21. The Labute approximate surface area is 142 Å². The Kier molecular flexibility index (Phi) is 3.72. The molecule has 0 unspecified atom stereocenters. The van der Waals surface area contributed by atoms with Gasteiger partial charge in [-0.2, -0.15) is 10.4 Å². The average molecular weight is 322 g/mol. The van der Waals surface area contributed by atoms with E-state index in [2.05, 4.69) is 30.7 Å². The van der Waals surface area contributed by atoms with Crippen molar-refractivity contribution in [2.24, 2.45) is 0 Å². The molecule has 0 aromatic carbocycles. The lowest BCUT2D eigenvalue weighted by molar-refractivity contribution is 0.514. The van der Waals surface area contributed by atoms with Crippen LogP contribution in [-0.4, -0.2) is 32.8 Å². The van der Waals surface area contributed by atoms with E-state index in [1.165, 1.54) is 24.2 Å². The number of rotatable bonds is 2. The molecule has 0 bridgehead atoms. The van der Waals surface area contributed by atoms with E-state index < -0.39 is 0 Å². The van der Waals surface area contributed by atoms with Gasteiger partial charge in [0.05, 0.1) is 23.8 Å². The molecule has 6 heteroatoms. The van der Waals surface area contributed by atoms with Crippen molar-refractivity contribution < 1.29 is 0 Å². The summed E-state index contributed by atoms with van der Waals surface area (Å²) in [5.41, 5.74) is 5.12. The lowest BCUT2D eigenvalue weighted by Crippen LogP contribution is -2.24. The highest BCUT2D eigenvalue weighted by atomic mass is 15.3. The van der Waals surface area contributed by atoms with Crippen LogP contribution < -0.4 is 4.90 Å². The van der Waals surface area contributed by atoms with E-state index in [0.29, 0.717) is 11.6 Å². The monoisotopic (exact) mass is 322 g/mol. The summed E-state index contributed by atoms with van der Waals surface area (Å²) >= 11 is 0. The normalized spacial score (nSPS) is 20.0. The van der Waals surface area contributed by atoms with Gasteiger partial charge in [0.2, 0.25) is 0 Å². The fourth-order valence-corrected chi connectivity index (χ4v) is 3.92. The van der Waals surface area contributed by atoms with E-state index in [1.807, 2.05) is 20.2 Å². The number of hydrogen-bond acceptors (Lipinski definition) is 5. The van der Waals surface area contributed by atoms with Crippen LogP contribution in [0, 0.1) is 25.2 Å². The Bertz CT molecular complexity index is 816. The molecule has 2 aromatic rings. The fourth-order valence-electron chi connectivity index (χ4n) is 3.92. The number of nitrogens with zero attached hydrogens (tertiary/aromatic N) is 6. The van der Waals surface area contributed by atoms with Crippen molar-refractivity contribution >= 4 is 5.82 Å². The van der Waals surface area contributed by atoms with Gasteiger partial charge in [-0.25, -0.2) is 4.98 Å². The molecule has 2 aliphatic rings. The second-order valence-corrected chi connectivity index (χ2v) is 6.86. The number of anilines is 1. The quantitative estimate of drug-likeness (QED) is 0.849. The first-order valence-corrected chi connectivity index (χ1v) is 8.72. The Morgan fingerprint density at radius 2 is 2.04 bits per heavy atom. The highest BCUT2D eigenvalue weighted by molar-refractivity contribution is 5.58. The lowest BCUT2D eigenvalue weighted by atomic mass is 10.0. The van der Waals surface area contributed by atoms with Crippen molar-refractivity contribution in [3.05, 3.63) is 34.5 Å². The third kappa shape index (κ3) is 2.35. The zero-order valence-electron chi connectivity index (χ0n) is 14.3. The first-order chi connectivity index (χ1) is 11.7. The molecule has 2 aromatic heterocycles. The van der Waals surface area contributed by atoms with Gasteiger partial charge < -0.3 is 9.47 Å². The number of nitriles is 1. The second kappa shape index (κ2) is 5.90. The van der Waals surface area contributed by atoms with Gasteiger partial charge in [-0.3, -0.25) is 0 Å². The van der Waals surface area contributed by atoms with Gasteiger partial charge in [0, 0.05) is 18.8 Å². The van der Waals surface area contributed by atoms with E-state index in [4.69, 9.17) is 0 Å². The molecule has 24 heavy (non-hydrogen) atoms. The maximum Gasteiger partial charge on any atom is 0.169 e. The maximum atomic E-state index is 9.53. The van der Waals surface area contributed by atoms with Gasteiger partial charge in [-0.15, -0.1) is 5.10 Å². The minimum atomic E-state index is 0.411. The van der Waals surface area contributed by atoms with Gasteiger partial charge in [0.15, 0.2) is 5.82 Å². The van der Waals surface area contributed by atoms with E-state index in [-0.39, 0.29) is 0 Å². The van der Waals surface area contributed by atoms with Crippen molar-refractivity contribution in [1.29, 1.82) is 5.26 Å². The molecule has 1 saturated heterocycles. The second-order valence-electron chi connectivity index (χ2n) is 6.86. The predicted octanol–water partition coefficient (Wildman–Crippen LogP) is 2.49. The van der Waals surface area contributed by atoms with Crippen LogP contribution in [0.4, 0.5) is 5.82 Å². The SMILES string of the molecule is Cc1nnc(N2CC[C@H](n3cnc4c3CCCC4)C2)c(C#N)c1C. The van der Waals surface area contributed by atoms with Crippen LogP contribution in [0.3, 0.4) is 0 Å². The van der Waals surface area contributed by atoms with Crippen molar-refractivity contribution in [3.63, 3.8) is 0 Å². The summed E-state index contributed by atoms with van der Waals surface area (Å²) in [6.45, 7) is 5.63. The molecule has 1 aliphatic carbocycles. The smallest absolute Gasteiger partial charge is 0.169 e. The molecule has 0 amide bonds. The maximum absolute atomic E-state index is 9.53. The summed E-state index contributed by atoms with van der Waals surface area (Å²) in [6.07, 6.45) is 7.84. The van der Waals surface area contributed by atoms with E-state index in [9.17, 15) is 5.26 Å². The number of aryl methyl sites for hydroxylation is 2. The van der Waals surface area contributed by atoms with E-state index in [1.54, 1.807) is 0 Å². The summed E-state index contributed by atoms with van der Waals surface area (Å²) in [5.74, 6) is 0.733. The molecular weight excluding hydrogens is 300 g/mol. The number of aromatic nitrogens is 4. The highest BCUT2D eigenvalue weighted by Gasteiger charge is 2.30. The molecule has 124 valence electrons. The highest BCUT2D eigenvalue weighted by Crippen LogP contribution is 2.32. The largest absolute Gasteiger partial charge is 0.352 e. The Morgan fingerprint density at radius 3 is 2.88 bits per heavy atom. The van der Waals surface area contributed by atoms with Gasteiger partial charge >= 0.3 is 0 Å². The van der Waals surface area contributed by atoms with Gasteiger partial charge in [0.1, 0.15) is 11.6 Å². The summed E-state index contributed by atoms with van der Waals surface area (Å²) < 4.78 is 2.37. The summed E-state index contributed by atoms with van der Waals surface area (Å²) in [7, 11) is 0. The summed E-state index contributed by atoms with van der Waals surface area (Å²) in [4.78, 5) is 6.83. The van der Waals surface area contributed by atoms with E-state index >= 15 is 0 Å². The first-order valence-electron chi connectivity index (χ1n) is 8.72. The molecule has 1 fully saturated rings. The summed E-state index contributed by atoms with van der Waals surface area (Å²) in [5, 5.41) is 18.1. The Balaban J connectivity index is 1.61. The standard InChI is InChI=1S/C18H22N6/c1-12-13(2)21-22-18(15(12)9-19)23-8-7-14(10-23)24-11-20-16-5-3-4-6-17(16)24/h11,14H,3-8,10H2,1-2H3/t14-/m0/s1. The third-order valence-corrected chi connectivity index (χ3v) is 5.46. The Hall–Kier alpha value is -2.42. The van der Waals surface area contributed by atoms with Crippen molar-refractivity contribution in [1.82, 2.24) is 19.7 Å². The molecule has 1 aliphatic heterocycles. The number of fused-ring (bicyclic) bond motifs is 1. The van der Waals surface area contributed by atoms with Crippen LogP contribution in [0.1, 0.15) is 53.5 Å². The minimum absolute atomic E-state index is 0.411. The van der Waals surface area contributed by atoms with Crippen molar-refractivity contribution in [2.45, 2.75) is 52.0 Å². The molecule has 6 nitrogen and oxygen atoms in total. The molecule has 0 N–H and O–H groups in total. The molecule has 1 atom stereocenters. The molecule has 0 spiro atoms. The van der Waals surface area contributed by atoms with Gasteiger partial charge in [-0.05, 0) is 51.5 Å². The van der Waals surface area contributed by atoms with Crippen LogP contribution in [0.25, 0.3) is 0 Å². The van der Waals surface area contributed by atoms with Crippen LogP contribution in [0.2, 0.25) is 0 Å². The zero-order chi connectivity index (χ0) is 16.7. The first kappa shape index (κ1) is 15.1. The third-order valence-electron chi connectivity index (χ3n) is 5.46. The fraction of sp³-hybridized carbons (Fsp3) is 0.556. The molecular formula is C18H22N6. The average Bonchev–Trinajstić information content (AvgIpc) is 3.23. The Morgan fingerprint density at radius 1 is 1.21 bits per heavy atom. The van der Waals surface area contributed by atoms with Crippen LogP contribution in [-0.2, 0) is 12.8 Å². The van der Waals surface area contributed by atoms with Crippen molar-refractivity contribution in [3.8, 4) is 6.07 Å². The number of imidazole rings is 1. The molecule has 4 rings (SSSR count). The van der Waals surface area contributed by atoms with Crippen LogP contribution >= 0.6 is 0 Å². The van der Waals surface area contributed by atoms with E-state index in [0.717, 1.165) is 49.4 Å². The number of hydrogen-bond donors (Lipinski definition) is 0. The summed E-state index contributed by atoms with van der Waals surface area (Å²) in [6, 6.07) is 2.73. The van der Waals surface area contributed by atoms with Crippen LogP contribution in [0.15, 0.2) is 6.33 Å². The van der Waals surface area contributed by atoms with Gasteiger partial charge in [-0.1, -0.05) is 0 Å². The minimum Gasteiger partial charge on any atom is -0.352 e. The topological polar surface area (TPSA) is 70.6 Å².